The van der Waals surface area contributed by atoms with Crippen molar-refractivity contribution in [3.05, 3.63) is 36.9 Å². The molecule has 0 aliphatic carbocycles. The molecule has 100 valence electrons. The Balaban J connectivity index is 1.65. The highest BCUT2D eigenvalue weighted by Gasteiger charge is 2.11. The van der Waals surface area contributed by atoms with Crippen LogP contribution in [0, 0.1) is 0 Å². The number of aromatic nitrogens is 3. The SMILES string of the molecule is c1ncn(-c2ccc(NC3CCCNCC3)cc2)n1. The molecule has 1 aromatic carbocycles. The number of nitrogens with zero attached hydrogens (tertiary/aromatic N) is 3. The summed E-state index contributed by atoms with van der Waals surface area (Å²) in [6.07, 6.45) is 6.92. The summed E-state index contributed by atoms with van der Waals surface area (Å²) in [6.45, 7) is 2.25. The average Bonchev–Trinajstić information content (AvgIpc) is 2.86. The second kappa shape index (κ2) is 5.84. The minimum Gasteiger partial charge on any atom is -0.382 e. The molecule has 0 bridgehead atoms. The highest BCUT2D eigenvalue weighted by atomic mass is 15.3. The number of benzene rings is 1. The summed E-state index contributed by atoms with van der Waals surface area (Å²) in [5.74, 6) is 0. The number of anilines is 1. The van der Waals surface area contributed by atoms with Crippen LogP contribution in [-0.4, -0.2) is 33.9 Å². The van der Waals surface area contributed by atoms with Gasteiger partial charge in [-0.2, -0.15) is 5.10 Å². The molecule has 3 rings (SSSR count). The largest absolute Gasteiger partial charge is 0.382 e. The molecule has 2 N–H and O–H groups in total. The minimum absolute atomic E-state index is 0.576. The van der Waals surface area contributed by atoms with E-state index in [2.05, 4.69) is 45.0 Å². The van der Waals surface area contributed by atoms with Crippen LogP contribution in [0.25, 0.3) is 5.69 Å². The summed E-state index contributed by atoms with van der Waals surface area (Å²) in [5.41, 5.74) is 2.21. The van der Waals surface area contributed by atoms with Crippen molar-refractivity contribution in [2.24, 2.45) is 0 Å². The van der Waals surface area contributed by atoms with Crippen LogP contribution in [0.3, 0.4) is 0 Å². The van der Waals surface area contributed by atoms with Crippen LogP contribution in [0.4, 0.5) is 5.69 Å². The molecule has 1 unspecified atom stereocenters. The molecule has 2 heterocycles. The zero-order valence-corrected chi connectivity index (χ0v) is 10.9. The second-order valence-electron chi connectivity index (χ2n) is 4.91. The molecular weight excluding hydrogens is 238 g/mol. The van der Waals surface area contributed by atoms with Crippen LogP contribution in [-0.2, 0) is 0 Å². The molecule has 2 aromatic rings. The maximum absolute atomic E-state index is 4.12. The van der Waals surface area contributed by atoms with Crippen LogP contribution < -0.4 is 10.6 Å². The van der Waals surface area contributed by atoms with Gasteiger partial charge >= 0.3 is 0 Å². The van der Waals surface area contributed by atoms with E-state index < -0.39 is 0 Å². The Kier molecular flexibility index (Phi) is 3.74. The second-order valence-corrected chi connectivity index (χ2v) is 4.91. The molecule has 1 aliphatic rings. The lowest BCUT2D eigenvalue weighted by molar-refractivity contribution is 0.637. The fourth-order valence-corrected chi connectivity index (χ4v) is 2.45. The first kappa shape index (κ1) is 12.2. The fraction of sp³-hybridized carbons (Fsp3) is 0.429. The highest BCUT2D eigenvalue weighted by Crippen LogP contribution is 2.16. The van der Waals surface area contributed by atoms with Gasteiger partial charge in [0.2, 0.25) is 0 Å². The van der Waals surface area contributed by atoms with Gasteiger partial charge in [-0.15, -0.1) is 0 Å². The Labute approximate surface area is 113 Å². The third kappa shape index (κ3) is 3.12. The van der Waals surface area contributed by atoms with Crippen molar-refractivity contribution < 1.29 is 0 Å². The maximum atomic E-state index is 4.12. The van der Waals surface area contributed by atoms with E-state index in [1.807, 2.05) is 0 Å². The lowest BCUT2D eigenvalue weighted by Crippen LogP contribution is -2.21. The van der Waals surface area contributed by atoms with Gasteiger partial charge < -0.3 is 10.6 Å². The summed E-state index contributed by atoms with van der Waals surface area (Å²) in [5, 5.41) is 11.2. The van der Waals surface area contributed by atoms with Gasteiger partial charge in [0.15, 0.2) is 0 Å². The molecule has 5 heteroatoms. The van der Waals surface area contributed by atoms with Crippen LogP contribution in [0.5, 0.6) is 0 Å². The monoisotopic (exact) mass is 257 g/mol. The first-order valence-electron chi connectivity index (χ1n) is 6.84. The standard InChI is InChI=1S/C14H19N5/c1-2-12(7-9-15-8-1)18-13-3-5-14(6-4-13)19-11-16-10-17-19/h3-6,10-12,15,18H,1-2,7-9H2. The summed E-state index contributed by atoms with van der Waals surface area (Å²) >= 11 is 0. The Hall–Kier alpha value is -1.88. The molecule has 0 amide bonds. The van der Waals surface area contributed by atoms with Gasteiger partial charge in [-0.25, -0.2) is 9.67 Å². The normalized spacial score (nSPS) is 19.9. The minimum atomic E-state index is 0.576. The van der Waals surface area contributed by atoms with E-state index in [-0.39, 0.29) is 0 Å². The lowest BCUT2D eigenvalue weighted by atomic mass is 10.1. The number of rotatable bonds is 3. The van der Waals surface area contributed by atoms with Gasteiger partial charge in [0.05, 0.1) is 5.69 Å². The Morgan fingerprint density at radius 2 is 2.05 bits per heavy atom. The van der Waals surface area contributed by atoms with Gasteiger partial charge in [-0.05, 0) is 56.6 Å². The quantitative estimate of drug-likeness (QED) is 0.880. The van der Waals surface area contributed by atoms with E-state index in [9.17, 15) is 0 Å². The van der Waals surface area contributed by atoms with Gasteiger partial charge in [0, 0.05) is 11.7 Å². The van der Waals surface area contributed by atoms with Gasteiger partial charge in [-0.1, -0.05) is 0 Å². The summed E-state index contributed by atoms with van der Waals surface area (Å²) in [4.78, 5) is 3.95. The molecule has 0 radical (unpaired) electrons. The summed E-state index contributed by atoms with van der Waals surface area (Å²) < 4.78 is 1.76. The molecule has 5 nitrogen and oxygen atoms in total. The van der Waals surface area contributed by atoms with E-state index in [1.165, 1.54) is 24.9 Å². The van der Waals surface area contributed by atoms with E-state index >= 15 is 0 Å². The van der Waals surface area contributed by atoms with Crippen molar-refractivity contribution in [2.75, 3.05) is 18.4 Å². The Bertz CT molecular complexity index is 483. The predicted molar refractivity (Wildman–Crippen MR) is 75.5 cm³/mol. The van der Waals surface area contributed by atoms with Crippen molar-refractivity contribution in [1.29, 1.82) is 0 Å². The van der Waals surface area contributed by atoms with Crippen molar-refractivity contribution in [2.45, 2.75) is 25.3 Å². The van der Waals surface area contributed by atoms with Crippen molar-refractivity contribution >= 4 is 5.69 Å². The summed E-state index contributed by atoms with van der Waals surface area (Å²) in [6, 6.07) is 8.91. The first-order valence-corrected chi connectivity index (χ1v) is 6.84. The van der Waals surface area contributed by atoms with Crippen molar-refractivity contribution in [3.8, 4) is 5.69 Å². The van der Waals surface area contributed by atoms with Gasteiger partial charge in [0.1, 0.15) is 12.7 Å². The van der Waals surface area contributed by atoms with E-state index in [0.717, 1.165) is 18.8 Å². The molecule has 1 atom stereocenters. The smallest absolute Gasteiger partial charge is 0.138 e. The van der Waals surface area contributed by atoms with Crippen molar-refractivity contribution in [3.63, 3.8) is 0 Å². The van der Waals surface area contributed by atoms with Crippen LogP contribution >= 0.6 is 0 Å². The highest BCUT2D eigenvalue weighted by molar-refractivity contribution is 5.49. The Morgan fingerprint density at radius 1 is 1.16 bits per heavy atom. The van der Waals surface area contributed by atoms with Crippen LogP contribution in [0.2, 0.25) is 0 Å². The third-order valence-electron chi connectivity index (χ3n) is 3.50. The first-order chi connectivity index (χ1) is 9.42. The maximum Gasteiger partial charge on any atom is 0.138 e. The number of hydrogen-bond acceptors (Lipinski definition) is 4. The number of nitrogens with one attached hydrogen (secondary N) is 2. The number of hydrogen-bond donors (Lipinski definition) is 2. The predicted octanol–water partition coefficient (Wildman–Crippen LogP) is 1.82. The van der Waals surface area contributed by atoms with Crippen LogP contribution in [0.1, 0.15) is 19.3 Å². The molecule has 1 aliphatic heterocycles. The van der Waals surface area contributed by atoms with Crippen LogP contribution in [0.15, 0.2) is 36.9 Å². The average molecular weight is 257 g/mol. The molecule has 19 heavy (non-hydrogen) atoms. The van der Waals surface area contributed by atoms with E-state index in [4.69, 9.17) is 0 Å². The molecule has 1 aromatic heterocycles. The molecular formula is C14H19N5. The fourth-order valence-electron chi connectivity index (χ4n) is 2.45. The molecule has 1 saturated heterocycles. The van der Waals surface area contributed by atoms with Gasteiger partial charge in [-0.3, -0.25) is 0 Å². The zero-order chi connectivity index (χ0) is 12.9. The molecule has 0 spiro atoms. The summed E-state index contributed by atoms with van der Waals surface area (Å²) in [7, 11) is 0. The molecule has 1 fully saturated rings. The topological polar surface area (TPSA) is 54.8 Å². The van der Waals surface area contributed by atoms with Crippen molar-refractivity contribution in [1.82, 2.24) is 20.1 Å². The zero-order valence-electron chi connectivity index (χ0n) is 10.9. The van der Waals surface area contributed by atoms with E-state index in [1.54, 1.807) is 17.3 Å². The third-order valence-corrected chi connectivity index (χ3v) is 3.50. The lowest BCUT2D eigenvalue weighted by Gasteiger charge is -2.17. The van der Waals surface area contributed by atoms with Gasteiger partial charge in [0.25, 0.3) is 0 Å². The Morgan fingerprint density at radius 3 is 2.84 bits per heavy atom. The molecule has 0 saturated carbocycles. The van der Waals surface area contributed by atoms with E-state index in [0.29, 0.717) is 6.04 Å².